The molecule has 3 aromatic rings. The highest BCUT2D eigenvalue weighted by Gasteiger charge is 2.15. The third-order valence-corrected chi connectivity index (χ3v) is 5.16. The smallest absolute Gasteiger partial charge is 0.263 e. The summed E-state index contributed by atoms with van der Waals surface area (Å²) >= 11 is 0. The Kier molecular flexibility index (Phi) is 5.27. The van der Waals surface area contributed by atoms with Crippen LogP contribution < -0.4 is 9.62 Å². The van der Waals surface area contributed by atoms with Crippen molar-refractivity contribution in [1.82, 2.24) is 5.16 Å². The summed E-state index contributed by atoms with van der Waals surface area (Å²) in [6, 6.07) is 15.8. The molecular weight excluding hydrogens is 364 g/mol. The van der Waals surface area contributed by atoms with Gasteiger partial charge in [-0.05, 0) is 48.9 Å². The first-order valence-electron chi connectivity index (χ1n) is 8.21. The lowest BCUT2D eigenvalue weighted by atomic mass is 10.2. The number of benzene rings is 2. The van der Waals surface area contributed by atoms with Crippen LogP contribution in [0.5, 0.6) is 0 Å². The minimum Gasteiger partial charge on any atom is -0.378 e. The number of anilines is 2. The molecule has 0 saturated carbocycles. The molecular formula is C19H20N4O3S. The highest BCUT2D eigenvalue weighted by Crippen LogP contribution is 2.20. The van der Waals surface area contributed by atoms with Crippen LogP contribution in [0.15, 0.2) is 69.0 Å². The average molecular weight is 384 g/mol. The Labute approximate surface area is 158 Å². The standard InChI is InChI=1S/C19H20N4O3S/c1-14-12-19(21-26-14)22-27(24,25)18-10-6-16(7-11-18)20-13-15-4-8-17(9-5-15)23(2)3/h4-13H,1-3H3,(H,21,22). The number of aliphatic imine (C=N–C) groups is 1. The molecule has 1 aromatic heterocycles. The summed E-state index contributed by atoms with van der Waals surface area (Å²) in [6.45, 7) is 1.69. The van der Waals surface area contributed by atoms with E-state index in [1.807, 2.05) is 43.3 Å². The van der Waals surface area contributed by atoms with Crippen molar-refractivity contribution in [2.24, 2.45) is 4.99 Å². The Bertz CT molecular complexity index is 1040. The Morgan fingerprint density at radius 1 is 1.07 bits per heavy atom. The maximum Gasteiger partial charge on any atom is 0.263 e. The van der Waals surface area contributed by atoms with E-state index >= 15 is 0 Å². The fraction of sp³-hybridized carbons (Fsp3) is 0.158. The monoisotopic (exact) mass is 384 g/mol. The molecule has 0 bridgehead atoms. The van der Waals surface area contributed by atoms with Crippen LogP contribution in [-0.2, 0) is 10.0 Å². The van der Waals surface area contributed by atoms with Gasteiger partial charge in [0, 0.05) is 32.1 Å². The van der Waals surface area contributed by atoms with Crippen molar-refractivity contribution in [3.63, 3.8) is 0 Å². The van der Waals surface area contributed by atoms with Gasteiger partial charge in [0.25, 0.3) is 10.0 Å². The van der Waals surface area contributed by atoms with E-state index in [2.05, 4.69) is 14.9 Å². The summed E-state index contributed by atoms with van der Waals surface area (Å²) in [7, 11) is 0.241. The van der Waals surface area contributed by atoms with Crippen molar-refractivity contribution in [2.45, 2.75) is 11.8 Å². The second-order valence-electron chi connectivity index (χ2n) is 6.17. The van der Waals surface area contributed by atoms with Crippen molar-refractivity contribution in [3.8, 4) is 0 Å². The third kappa shape index (κ3) is 4.73. The van der Waals surface area contributed by atoms with Crippen molar-refractivity contribution in [2.75, 3.05) is 23.7 Å². The summed E-state index contributed by atoms with van der Waals surface area (Å²) < 4.78 is 31.9. The first kappa shape index (κ1) is 18.7. The number of nitrogens with one attached hydrogen (secondary N) is 1. The van der Waals surface area contributed by atoms with Gasteiger partial charge in [-0.15, -0.1) is 0 Å². The average Bonchev–Trinajstić information content (AvgIpc) is 3.04. The van der Waals surface area contributed by atoms with E-state index in [9.17, 15) is 8.42 Å². The molecule has 7 nitrogen and oxygen atoms in total. The topological polar surface area (TPSA) is 87.8 Å². The molecule has 0 aliphatic rings. The minimum atomic E-state index is -3.73. The van der Waals surface area contributed by atoms with E-state index in [0.29, 0.717) is 11.4 Å². The van der Waals surface area contributed by atoms with E-state index in [-0.39, 0.29) is 10.7 Å². The quantitative estimate of drug-likeness (QED) is 0.656. The van der Waals surface area contributed by atoms with Crippen LogP contribution in [-0.4, -0.2) is 33.9 Å². The fourth-order valence-electron chi connectivity index (χ4n) is 2.33. The summed E-state index contributed by atoms with van der Waals surface area (Å²) in [5.74, 6) is 0.673. The van der Waals surface area contributed by atoms with Gasteiger partial charge in [0.2, 0.25) is 0 Å². The van der Waals surface area contributed by atoms with Crippen molar-refractivity contribution in [3.05, 3.63) is 65.9 Å². The molecule has 140 valence electrons. The van der Waals surface area contributed by atoms with Gasteiger partial charge >= 0.3 is 0 Å². The van der Waals surface area contributed by atoms with E-state index in [4.69, 9.17) is 4.52 Å². The SMILES string of the molecule is Cc1cc(NS(=O)(=O)c2ccc(N=Cc3ccc(N(C)C)cc3)cc2)no1. The van der Waals surface area contributed by atoms with Crippen LogP contribution >= 0.6 is 0 Å². The van der Waals surface area contributed by atoms with Gasteiger partial charge in [-0.2, -0.15) is 0 Å². The van der Waals surface area contributed by atoms with E-state index in [0.717, 1.165) is 11.3 Å². The second-order valence-corrected chi connectivity index (χ2v) is 7.85. The summed E-state index contributed by atoms with van der Waals surface area (Å²) in [5, 5.41) is 3.63. The van der Waals surface area contributed by atoms with Crippen LogP contribution in [0.1, 0.15) is 11.3 Å². The van der Waals surface area contributed by atoms with Crippen LogP contribution in [0, 0.1) is 6.92 Å². The normalized spacial score (nSPS) is 11.7. The fourth-order valence-corrected chi connectivity index (χ4v) is 3.31. The first-order valence-corrected chi connectivity index (χ1v) is 9.69. The van der Waals surface area contributed by atoms with Gasteiger partial charge in [0.15, 0.2) is 5.82 Å². The molecule has 27 heavy (non-hydrogen) atoms. The Morgan fingerprint density at radius 3 is 2.30 bits per heavy atom. The van der Waals surface area contributed by atoms with Gasteiger partial charge in [0.1, 0.15) is 5.76 Å². The Hall–Kier alpha value is -3.13. The predicted octanol–water partition coefficient (Wildman–Crippen LogP) is 3.60. The highest BCUT2D eigenvalue weighted by atomic mass is 32.2. The number of nitrogens with zero attached hydrogens (tertiary/aromatic N) is 3. The van der Waals surface area contributed by atoms with E-state index in [1.54, 1.807) is 25.3 Å². The lowest BCUT2D eigenvalue weighted by Gasteiger charge is -2.11. The maximum atomic E-state index is 12.4. The first-order chi connectivity index (χ1) is 12.8. The van der Waals surface area contributed by atoms with Crippen molar-refractivity contribution < 1.29 is 12.9 Å². The molecule has 3 rings (SSSR count). The maximum absolute atomic E-state index is 12.4. The molecule has 1 N–H and O–H groups in total. The third-order valence-electron chi connectivity index (χ3n) is 3.79. The molecule has 0 amide bonds. The summed E-state index contributed by atoms with van der Waals surface area (Å²) in [5.41, 5.74) is 2.72. The zero-order chi connectivity index (χ0) is 19.4. The minimum absolute atomic E-state index is 0.123. The number of hydrogen-bond acceptors (Lipinski definition) is 6. The highest BCUT2D eigenvalue weighted by molar-refractivity contribution is 7.92. The molecule has 0 atom stereocenters. The van der Waals surface area contributed by atoms with Gasteiger partial charge in [0.05, 0.1) is 10.6 Å². The number of aromatic nitrogens is 1. The number of hydrogen-bond donors (Lipinski definition) is 1. The van der Waals surface area contributed by atoms with Crippen molar-refractivity contribution in [1.29, 1.82) is 0 Å². The van der Waals surface area contributed by atoms with E-state index < -0.39 is 10.0 Å². The predicted molar refractivity (Wildman–Crippen MR) is 107 cm³/mol. The van der Waals surface area contributed by atoms with Crippen LogP contribution in [0.2, 0.25) is 0 Å². The number of sulfonamides is 1. The molecule has 0 saturated heterocycles. The molecule has 0 aliphatic carbocycles. The van der Waals surface area contributed by atoms with Gasteiger partial charge in [-0.3, -0.25) is 9.71 Å². The number of aryl methyl sites for hydroxylation is 1. The molecule has 0 unspecified atom stereocenters. The van der Waals surface area contributed by atoms with Crippen molar-refractivity contribution >= 4 is 33.4 Å². The van der Waals surface area contributed by atoms with Crippen LogP contribution in [0.3, 0.4) is 0 Å². The van der Waals surface area contributed by atoms with Crippen LogP contribution in [0.25, 0.3) is 0 Å². The van der Waals surface area contributed by atoms with Gasteiger partial charge in [-0.1, -0.05) is 17.3 Å². The lowest BCUT2D eigenvalue weighted by Crippen LogP contribution is -2.12. The summed E-state index contributed by atoms with van der Waals surface area (Å²) in [4.78, 5) is 6.53. The number of rotatable bonds is 6. The molecule has 0 fully saturated rings. The van der Waals surface area contributed by atoms with Crippen LogP contribution in [0.4, 0.5) is 17.2 Å². The summed E-state index contributed by atoms with van der Waals surface area (Å²) in [6.07, 6.45) is 1.74. The molecule has 0 radical (unpaired) electrons. The molecule has 1 heterocycles. The zero-order valence-electron chi connectivity index (χ0n) is 15.2. The lowest BCUT2D eigenvalue weighted by molar-refractivity contribution is 0.400. The zero-order valence-corrected chi connectivity index (χ0v) is 16.1. The second kappa shape index (κ2) is 7.63. The van der Waals surface area contributed by atoms with E-state index in [1.165, 1.54) is 18.2 Å². The molecule has 0 aliphatic heterocycles. The largest absolute Gasteiger partial charge is 0.378 e. The van der Waals surface area contributed by atoms with Gasteiger partial charge < -0.3 is 9.42 Å². The molecule has 8 heteroatoms. The molecule has 2 aromatic carbocycles. The Balaban J connectivity index is 1.71. The van der Waals surface area contributed by atoms with Gasteiger partial charge in [-0.25, -0.2) is 8.42 Å². The Morgan fingerprint density at radius 2 is 1.74 bits per heavy atom. The molecule has 0 spiro atoms.